The Labute approximate surface area is 125 Å². The number of piperidine rings is 1. The van der Waals surface area contributed by atoms with Gasteiger partial charge >= 0.3 is 0 Å². The minimum Gasteiger partial charge on any atom is -0.334 e. The molecule has 1 aromatic rings. The van der Waals surface area contributed by atoms with Gasteiger partial charge in [-0.05, 0) is 25.7 Å². The van der Waals surface area contributed by atoms with Crippen LogP contribution in [0.15, 0.2) is 6.20 Å². The second-order valence-electron chi connectivity index (χ2n) is 5.64. The largest absolute Gasteiger partial charge is 0.334 e. The van der Waals surface area contributed by atoms with E-state index in [1.165, 1.54) is 6.42 Å². The summed E-state index contributed by atoms with van der Waals surface area (Å²) >= 11 is 6.13. The molecule has 1 fully saturated rings. The fraction of sp³-hybridized carbons (Fsp3) is 0.667. The van der Waals surface area contributed by atoms with Crippen molar-refractivity contribution in [1.29, 1.82) is 0 Å². The van der Waals surface area contributed by atoms with E-state index in [0.717, 1.165) is 25.8 Å². The predicted octanol–water partition coefficient (Wildman–Crippen LogP) is 3.66. The number of hydrogen-bond donors (Lipinski definition) is 0. The zero-order valence-corrected chi connectivity index (χ0v) is 13.2. The lowest BCUT2D eigenvalue weighted by Gasteiger charge is -2.35. The highest BCUT2D eigenvalue weighted by atomic mass is 35.5. The fourth-order valence-electron chi connectivity index (χ4n) is 2.64. The van der Waals surface area contributed by atoms with Crippen LogP contribution in [-0.4, -0.2) is 33.4 Å². The second-order valence-corrected chi connectivity index (χ2v) is 6.04. The molecular weight excluding hydrogens is 274 g/mol. The smallest absolute Gasteiger partial charge is 0.274 e. The quantitative estimate of drug-likeness (QED) is 0.855. The first-order valence-electron chi connectivity index (χ1n) is 7.38. The number of amides is 1. The third-order valence-corrected chi connectivity index (χ3v) is 4.12. The molecule has 5 heteroatoms. The predicted molar refractivity (Wildman–Crippen MR) is 80.1 cm³/mol. The van der Waals surface area contributed by atoms with Gasteiger partial charge in [0.1, 0.15) is 5.82 Å². The Morgan fingerprint density at radius 1 is 1.50 bits per heavy atom. The molecule has 1 unspecified atom stereocenters. The summed E-state index contributed by atoms with van der Waals surface area (Å²) in [6.45, 7) is 6.94. The highest BCUT2D eigenvalue weighted by Crippen LogP contribution is 2.24. The Kier molecular flexibility index (Phi) is 4.97. The van der Waals surface area contributed by atoms with E-state index in [9.17, 15) is 4.79 Å². The van der Waals surface area contributed by atoms with Gasteiger partial charge < -0.3 is 4.90 Å². The van der Waals surface area contributed by atoms with Crippen LogP contribution in [0.2, 0.25) is 5.02 Å². The maximum absolute atomic E-state index is 12.7. The Balaban J connectivity index is 2.29. The molecule has 1 amide bonds. The van der Waals surface area contributed by atoms with E-state index in [1.54, 1.807) is 6.20 Å². The number of hydrogen-bond acceptors (Lipinski definition) is 3. The standard InChI is InChI=1S/C15H22ClN3O/c1-4-11-7-5-6-8-19(11)15(20)13-12(16)9-17-14(18-13)10(2)3/h9-11H,4-8H2,1-3H3. The van der Waals surface area contributed by atoms with Crippen molar-refractivity contribution in [3.63, 3.8) is 0 Å². The third kappa shape index (κ3) is 3.11. The van der Waals surface area contributed by atoms with Crippen LogP contribution in [0, 0.1) is 0 Å². The summed E-state index contributed by atoms with van der Waals surface area (Å²) < 4.78 is 0. The monoisotopic (exact) mass is 295 g/mol. The highest BCUT2D eigenvalue weighted by molar-refractivity contribution is 6.33. The van der Waals surface area contributed by atoms with Crippen molar-refractivity contribution in [3.8, 4) is 0 Å². The molecular formula is C15H22ClN3O. The molecule has 0 aliphatic carbocycles. The van der Waals surface area contributed by atoms with Crippen LogP contribution >= 0.6 is 11.6 Å². The number of likely N-dealkylation sites (tertiary alicyclic amines) is 1. The van der Waals surface area contributed by atoms with E-state index in [1.807, 2.05) is 18.7 Å². The van der Waals surface area contributed by atoms with Gasteiger partial charge in [0.15, 0.2) is 5.69 Å². The normalized spacial score (nSPS) is 19.4. The Bertz CT molecular complexity index is 490. The number of carbonyl (C=O) groups is 1. The average molecular weight is 296 g/mol. The number of halogens is 1. The Morgan fingerprint density at radius 3 is 2.90 bits per heavy atom. The number of aromatic nitrogens is 2. The molecule has 0 N–H and O–H groups in total. The molecule has 110 valence electrons. The van der Waals surface area contributed by atoms with Gasteiger partial charge in [-0.15, -0.1) is 0 Å². The molecule has 1 atom stereocenters. The van der Waals surface area contributed by atoms with E-state index in [4.69, 9.17) is 11.6 Å². The SMILES string of the molecule is CCC1CCCCN1C(=O)c1nc(C(C)C)ncc1Cl. The first-order chi connectivity index (χ1) is 9.54. The van der Waals surface area contributed by atoms with Gasteiger partial charge in [0, 0.05) is 18.5 Å². The lowest BCUT2D eigenvalue weighted by Crippen LogP contribution is -2.43. The average Bonchev–Trinajstić information content (AvgIpc) is 2.46. The van der Waals surface area contributed by atoms with Crippen LogP contribution in [0.4, 0.5) is 0 Å². The van der Waals surface area contributed by atoms with E-state index in [2.05, 4.69) is 16.9 Å². The molecule has 0 spiro atoms. The van der Waals surface area contributed by atoms with Crippen molar-refractivity contribution in [2.45, 2.75) is 58.4 Å². The summed E-state index contributed by atoms with van der Waals surface area (Å²) in [6.07, 6.45) is 5.84. The van der Waals surface area contributed by atoms with Crippen LogP contribution in [-0.2, 0) is 0 Å². The van der Waals surface area contributed by atoms with Gasteiger partial charge in [-0.3, -0.25) is 4.79 Å². The summed E-state index contributed by atoms with van der Waals surface area (Å²) in [5, 5.41) is 0.347. The molecule has 1 aromatic heterocycles. The van der Waals surface area contributed by atoms with Gasteiger partial charge in [-0.25, -0.2) is 9.97 Å². The maximum atomic E-state index is 12.7. The van der Waals surface area contributed by atoms with Crippen molar-refractivity contribution < 1.29 is 4.79 Å². The van der Waals surface area contributed by atoms with Crippen LogP contribution in [0.25, 0.3) is 0 Å². The van der Waals surface area contributed by atoms with Crippen molar-refractivity contribution in [1.82, 2.24) is 14.9 Å². The Morgan fingerprint density at radius 2 is 2.25 bits per heavy atom. The number of nitrogens with zero attached hydrogens (tertiary/aromatic N) is 3. The summed E-state index contributed by atoms with van der Waals surface area (Å²) in [5.41, 5.74) is 0.353. The minimum atomic E-state index is -0.0501. The second kappa shape index (κ2) is 6.53. The lowest BCUT2D eigenvalue weighted by atomic mass is 9.99. The van der Waals surface area contributed by atoms with Crippen LogP contribution in [0.1, 0.15) is 68.7 Å². The molecule has 2 heterocycles. The molecule has 0 bridgehead atoms. The van der Waals surface area contributed by atoms with E-state index < -0.39 is 0 Å². The minimum absolute atomic E-state index is 0.0501. The zero-order chi connectivity index (χ0) is 14.7. The molecule has 1 aliphatic heterocycles. The molecule has 0 radical (unpaired) electrons. The first kappa shape index (κ1) is 15.2. The summed E-state index contributed by atoms with van der Waals surface area (Å²) in [6, 6.07) is 0.310. The van der Waals surface area contributed by atoms with E-state index in [0.29, 0.717) is 22.6 Å². The van der Waals surface area contributed by atoms with Gasteiger partial charge in [-0.2, -0.15) is 0 Å². The summed E-state index contributed by atoms with van der Waals surface area (Å²) in [7, 11) is 0. The van der Waals surface area contributed by atoms with Crippen molar-refractivity contribution in [2.75, 3.05) is 6.54 Å². The van der Waals surface area contributed by atoms with Crippen molar-refractivity contribution >= 4 is 17.5 Å². The highest BCUT2D eigenvalue weighted by Gasteiger charge is 2.28. The first-order valence-corrected chi connectivity index (χ1v) is 7.75. The van der Waals surface area contributed by atoms with Crippen LogP contribution in [0.5, 0.6) is 0 Å². The molecule has 2 rings (SSSR count). The van der Waals surface area contributed by atoms with E-state index in [-0.39, 0.29) is 11.8 Å². The van der Waals surface area contributed by atoms with E-state index >= 15 is 0 Å². The van der Waals surface area contributed by atoms with Crippen LogP contribution in [0.3, 0.4) is 0 Å². The van der Waals surface area contributed by atoms with Gasteiger partial charge in [0.2, 0.25) is 0 Å². The summed E-state index contributed by atoms with van der Waals surface area (Å²) in [4.78, 5) is 23.2. The number of rotatable bonds is 3. The van der Waals surface area contributed by atoms with Gasteiger partial charge in [0.05, 0.1) is 11.2 Å². The Hall–Kier alpha value is -1.16. The summed E-state index contributed by atoms with van der Waals surface area (Å²) in [5.74, 6) is 0.802. The third-order valence-electron chi connectivity index (χ3n) is 3.84. The molecule has 1 aliphatic rings. The molecule has 1 saturated heterocycles. The molecule has 20 heavy (non-hydrogen) atoms. The zero-order valence-electron chi connectivity index (χ0n) is 12.4. The maximum Gasteiger partial charge on any atom is 0.274 e. The molecule has 0 saturated carbocycles. The fourth-order valence-corrected chi connectivity index (χ4v) is 2.81. The molecule has 4 nitrogen and oxygen atoms in total. The van der Waals surface area contributed by atoms with Crippen molar-refractivity contribution in [2.24, 2.45) is 0 Å². The number of carbonyl (C=O) groups excluding carboxylic acids is 1. The molecule has 0 aromatic carbocycles. The van der Waals surface area contributed by atoms with Crippen LogP contribution < -0.4 is 0 Å². The lowest BCUT2D eigenvalue weighted by molar-refractivity contribution is 0.0601. The van der Waals surface area contributed by atoms with Gasteiger partial charge in [0.25, 0.3) is 5.91 Å². The topological polar surface area (TPSA) is 46.1 Å². The van der Waals surface area contributed by atoms with Crippen molar-refractivity contribution in [3.05, 3.63) is 22.7 Å². The van der Waals surface area contributed by atoms with Gasteiger partial charge in [-0.1, -0.05) is 32.4 Å².